The van der Waals surface area contributed by atoms with Gasteiger partial charge < -0.3 is 10.1 Å². The highest BCUT2D eigenvalue weighted by Gasteiger charge is 2.10. The van der Waals surface area contributed by atoms with E-state index in [-0.39, 0.29) is 23.5 Å². The molecular weight excluding hydrogens is 349 g/mol. The second-order valence-electron chi connectivity index (χ2n) is 5.29. The van der Waals surface area contributed by atoms with Crippen molar-refractivity contribution >= 4 is 29.3 Å². The lowest BCUT2D eigenvalue weighted by Gasteiger charge is -2.14. The first kappa shape index (κ1) is 18.6. The lowest BCUT2D eigenvalue weighted by Crippen LogP contribution is -2.28. The lowest BCUT2D eigenvalue weighted by molar-refractivity contribution is -0.119. The molecule has 128 valence electrons. The van der Waals surface area contributed by atoms with E-state index in [1.165, 1.54) is 17.8 Å². The van der Waals surface area contributed by atoms with Crippen molar-refractivity contribution in [2.45, 2.75) is 18.7 Å². The Bertz CT molecular complexity index is 694. The number of carbonyl (C=O) groups is 1. The van der Waals surface area contributed by atoms with E-state index >= 15 is 0 Å². The van der Waals surface area contributed by atoms with Crippen LogP contribution >= 0.6 is 23.4 Å². The molecule has 1 N–H and O–H groups in total. The Morgan fingerprint density at radius 3 is 2.62 bits per heavy atom. The summed E-state index contributed by atoms with van der Waals surface area (Å²) < 4.78 is 18.8. The van der Waals surface area contributed by atoms with Gasteiger partial charge in [-0.05, 0) is 42.3 Å². The number of thioether (sulfide) groups is 1. The number of hydrogen-bond donors (Lipinski definition) is 1. The summed E-state index contributed by atoms with van der Waals surface area (Å²) in [7, 11) is 1.61. The van der Waals surface area contributed by atoms with Gasteiger partial charge in [-0.1, -0.05) is 29.8 Å². The Balaban J connectivity index is 1.79. The fraction of sp³-hybridized carbons (Fsp3) is 0.278. The maximum atomic E-state index is 13.7. The number of hydrogen-bond acceptors (Lipinski definition) is 3. The number of halogens is 2. The van der Waals surface area contributed by atoms with Gasteiger partial charge in [0.25, 0.3) is 0 Å². The number of carbonyl (C=O) groups excluding carboxylic acids is 1. The lowest BCUT2D eigenvalue weighted by atomic mass is 10.1. The molecule has 0 aliphatic rings. The highest BCUT2D eigenvalue weighted by Crippen LogP contribution is 2.20. The van der Waals surface area contributed by atoms with Crippen LogP contribution in [-0.4, -0.2) is 18.8 Å². The van der Waals surface area contributed by atoms with E-state index < -0.39 is 0 Å². The quantitative estimate of drug-likeness (QED) is 0.777. The van der Waals surface area contributed by atoms with Crippen molar-refractivity contribution in [3.05, 3.63) is 64.4 Å². The predicted molar refractivity (Wildman–Crippen MR) is 97.1 cm³/mol. The van der Waals surface area contributed by atoms with E-state index in [1.54, 1.807) is 19.2 Å². The minimum absolute atomic E-state index is 0.0855. The summed E-state index contributed by atoms with van der Waals surface area (Å²) in [5, 5.41) is 3.30. The van der Waals surface area contributed by atoms with Crippen LogP contribution in [0.4, 0.5) is 4.39 Å². The molecule has 0 aromatic heterocycles. The van der Waals surface area contributed by atoms with Gasteiger partial charge in [0.2, 0.25) is 5.91 Å². The van der Waals surface area contributed by atoms with Crippen LogP contribution in [-0.2, 0) is 10.5 Å². The highest BCUT2D eigenvalue weighted by atomic mass is 35.5. The Hall–Kier alpha value is -1.72. The zero-order chi connectivity index (χ0) is 17.5. The van der Waals surface area contributed by atoms with Crippen LogP contribution in [0.25, 0.3) is 0 Å². The molecular formula is C18H19ClFNO2S. The van der Waals surface area contributed by atoms with Gasteiger partial charge in [-0.3, -0.25) is 4.79 Å². The Labute approximate surface area is 150 Å². The van der Waals surface area contributed by atoms with E-state index in [9.17, 15) is 9.18 Å². The van der Waals surface area contributed by atoms with Gasteiger partial charge in [0.1, 0.15) is 11.6 Å². The molecule has 0 bridgehead atoms. The molecule has 0 unspecified atom stereocenters. The maximum Gasteiger partial charge on any atom is 0.230 e. The molecule has 24 heavy (non-hydrogen) atoms. The van der Waals surface area contributed by atoms with Crippen LogP contribution < -0.4 is 10.1 Å². The molecule has 2 aromatic rings. The molecule has 2 rings (SSSR count). The molecule has 0 heterocycles. The van der Waals surface area contributed by atoms with Crippen molar-refractivity contribution in [3.8, 4) is 5.75 Å². The predicted octanol–water partition coefficient (Wildman–Crippen LogP) is 4.60. The van der Waals surface area contributed by atoms with Gasteiger partial charge in [-0.2, -0.15) is 0 Å². The summed E-state index contributed by atoms with van der Waals surface area (Å²) in [4.78, 5) is 12.0. The van der Waals surface area contributed by atoms with Crippen molar-refractivity contribution in [2.24, 2.45) is 0 Å². The number of benzene rings is 2. The number of ether oxygens (including phenoxy) is 1. The molecule has 0 spiro atoms. The topological polar surface area (TPSA) is 38.3 Å². The number of amides is 1. The zero-order valence-electron chi connectivity index (χ0n) is 13.5. The smallest absolute Gasteiger partial charge is 0.230 e. The van der Waals surface area contributed by atoms with Crippen LogP contribution in [0.3, 0.4) is 0 Å². The third-order valence-electron chi connectivity index (χ3n) is 3.50. The van der Waals surface area contributed by atoms with Gasteiger partial charge in [-0.25, -0.2) is 4.39 Å². The van der Waals surface area contributed by atoms with Crippen LogP contribution in [0.5, 0.6) is 5.75 Å². The van der Waals surface area contributed by atoms with E-state index in [4.69, 9.17) is 16.3 Å². The first-order chi connectivity index (χ1) is 11.5. The van der Waals surface area contributed by atoms with Gasteiger partial charge in [0, 0.05) is 10.8 Å². The van der Waals surface area contributed by atoms with Gasteiger partial charge in [0.05, 0.1) is 18.9 Å². The summed E-state index contributed by atoms with van der Waals surface area (Å²) >= 11 is 7.08. The summed E-state index contributed by atoms with van der Waals surface area (Å²) in [5.74, 6) is 1.04. The molecule has 0 saturated heterocycles. The molecule has 3 nitrogen and oxygen atoms in total. The number of methoxy groups -OCH3 is 1. The maximum absolute atomic E-state index is 13.7. The monoisotopic (exact) mass is 367 g/mol. The van der Waals surface area contributed by atoms with Crippen LogP contribution in [0.1, 0.15) is 24.1 Å². The molecule has 6 heteroatoms. The van der Waals surface area contributed by atoms with Crippen LogP contribution in [0.15, 0.2) is 42.5 Å². The minimum Gasteiger partial charge on any atom is -0.497 e. The molecule has 2 aromatic carbocycles. The van der Waals surface area contributed by atoms with Crippen LogP contribution in [0, 0.1) is 5.82 Å². The first-order valence-electron chi connectivity index (χ1n) is 7.44. The second-order valence-corrected chi connectivity index (χ2v) is 6.71. The largest absolute Gasteiger partial charge is 0.497 e. The average molecular weight is 368 g/mol. The first-order valence-corrected chi connectivity index (χ1v) is 8.98. The third kappa shape index (κ3) is 5.42. The fourth-order valence-corrected chi connectivity index (χ4v) is 3.14. The molecule has 0 saturated carbocycles. The molecule has 0 fully saturated rings. The van der Waals surface area contributed by atoms with E-state index in [2.05, 4.69) is 5.32 Å². The van der Waals surface area contributed by atoms with Gasteiger partial charge in [0.15, 0.2) is 0 Å². The summed E-state index contributed by atoms with van der Waals surface area (Å²) in [5.41, 5.74) is 1.54. The summed E-state index contributed by atoms with van der Waals surface area (Å²) in [6.45, 7) is 1.92. The number of nitrogens with one attached hydrogen (secondary N) is 1. The van der Waals surface area contributed by atoms with Crippen molar-refractivity contribution < 1.29 is 13.9 Å². The van der Waals surface area contributed by atoms with Crippen LogP contribution in [0.2, 0.25) is 5.02 Å². The fourth-order valence-electron chi connectivity index (χ4n) is 2.15. The van der Waals surface area contributed by atoms with E-state index in [0.29, 0.717) is 16.3 Å². The second kappa shape index (κ2) is 8.94. The van der Waals surface area contributed by atoms with E-state index in [0.717, 1.165) is 11.3 Å². The van der Waals surface area contributed by atoms with Gasteiger partial charge >= 0.3 is 0 Å². The van der Waals surface area contributed by atoms with E-state index in [1.807, 2.05) is 31.2 Å². The highest BCUT2D eigenvalue weighted by molar-refractivity contribution is 7.99. The summed E-state index contributed by atoms with van der Waals surface area (Å²) in [6.07, 6.45) is 0. The average Bonchev–Trinajstić information content (AvgIpc) is 2.57. The van der Waals surface area contributed by atoms with Gasteiger partial charge in [-0.15, -0.1) is 11.8 Å². The third-order valence-corrected chi connectivity index (χ3v) is 4.72. The Morgan fingerprint density at radius 2 is 2.00 bits per heavy atom. The molecule has 0 aliphatic carbocycles. The van der Waals surface area contributed by atoms with Crippen molar-refractivity contribution in [1.29, 1.82) is 0 Å². The standard InChI is InChI=1S/C18H19ClFNO2S/c1-12(13-4-7-16(23-2)8-5-13)21-18(22)11-24-10-14-3-6-15(19)9-17(14)20/h3-9,12H,10-11H2,1-2H3,(H,21,22)/t12-/m1/s1. The van der Waals surface area contributed by atoms with Crippen molar-refractivity contribution in [1.82, 2.24) is 5.32 Å². The minimum atomic E-state index is -0.345. The molecule has 1 atom stereocenters. The molecule has 1 amide bonds. The van der Waals surface area contributed by atoms with Crippen molar-refractivity contribution in [2.75, 3.05) is 12.9 Å². The zero-order valence-corrected chi connectivity index (χ0v) is 15.1. The number of rotatable bonds is 7. The molecule has 0 aliphatic heterocycles. The molecule has 0 radical (unpaired) electrons. The Kier molecular flexibility index (Phi) is 6.94. The SMILES string of the molecule is COc1ccc([C@@H](C)NC(=O)CSCc2ccc(Cl)cc2F)cc1. The van der Waals surface area contributed by atoms with Crippen molar-refractivity contribution in [3.63, 3.8) is 0 Å². The Morgan fingerprint density at radius 1 is 1.29 bits per heavy atom. The normalized spacial score (nSPS) is 11.8. The summed E-state index contributed by atoms with van der Waals surface area (Å²) in [6, 6.07) is 12.0.